The van der Waals surface area contributed by atoms with Crippen LogP contribution in [0.15, 0.2) is 29.2 Å². The molecule has 2 heterocycles. The highest BCUT2D eigenvalue weighted by Crippen LogP contribution is 2.06. The minimum Gasteiger partial charge on any atom is -0.360 e. The molecule has 0 atom stereocenters. The maximum atomic E-state index is 11.1. The second-order valence-corrected chi connectivity index (χ2v) is 2.51. The molecule has 56 valence electrons. The molecule has 0 aliphatic rings. The van der Waals surface area contributed by atoms with E-state index in [4.69, 9.17) is 0 Å². The molecule has 3 heteroatoms. The molecular formula is C8H8N2O. The summed E-state index contributed by atoms with van der Waals surface area (Å²) in [4.78, 5) is 14.1. The average Bonchev–Trinajstić information content (AvgIpc) is 2.45. The summed E-state index contributed by atoms with van der Waals surface area (Å²) >= 11 is 0. The first kappa shape index (κ1) is 6.22. The predicted molar refractivity (Wildman–Crippen MR) is 43.5 cm³/mol. The van der Waals surface area contributed by atoms with Gasteiger partial charge in [0.25, 0.3) is 5.56 Å². The molecule has 0 bridgehead atoms. The van der Waals surface area contributed by atoms with Gasteiger partial charge in [-0.2, -0.15) is 0 Å². The van der Waals surface area contributed by atoms with E-state index in [0.29, 0.717) is 0 Å². The smallest absolute Gasteiger partial charge is 0.250 e. The van der Waals surface area contributed by atoms with Crippen LogP contribution in [0.5, 0.6) is 0 Å². The lowest BCUT2D eigenvalue weighted by atomic mass is 10.4. The Morgan fingerprint density at radius 3 is 3.00 bits per heavy atom. The second-order valence-electron chi connectivity index (χ2n) is 2.51. The van der Waals surface area contributed by atoms with Gasteiger partial charge in [-0.1, -0.05) is 0 Å². The normalized spacial score (nSPS) is 10.6. The van der Waals surface area contributed by atoms with Crippen LogP contribution >= 0.6 is 0 Å². The topological polar surface area (TPSA) is 37.8 Å². The minimum atomic E-state index is 0.0251. The number of nitrogens with one attached hydrogen (secondary N) is 1. The molecular weight excluding hydrogens is 140 g/mol. The van der Waals surface area contributed by atoms with E-state index in [-0.39, 0.29) is 5.56 Å². The van der Waals surface area contributed by atoms with Gasteiger partial charge in [0.1, 0.15) is 0 Å². The molecule has 11 heavy (non-hydrogen) atoms. The van der Waals surface area contributed by atoms with Crippen molar-refractivity contribution < 1.29 is 0 Å². The van der Waals surface area contributed by atoms with E-state index in [1.807, 2.05) is 12.3 Å². The zero-order valence-electron chi connectivity index (χ0n) is 6.16. The number of H-pyrrole nitrogens is 1. The lowest BCUT2D eigenvalue weighted by molar-refractivity contribution is 0.907. The molecule has 0 unspecified atom stereocenters. The van der Waals surface area contributed by atoms with Crippen molar-refractivity contribution >= 4 is 11.0 Å². The highest BCUT2D eigenvalue weighted by Gasteiger charge is 1.96. The highest BCUT2D eigenvalue weighted by atomic mass is 16.1. The van der Waals surface area contributed by atoms with Crippen molar-refractivity contribution in [2.24, 2.45) is 7.05 Å². The second kappa shape index (κ2) is 1.99. The number of pyridine rings is 1. The van der Waals surface area contributed by atoms with E-state index in [1.165, 1.54) is 0 Å². The number of aryl methyl sites for hydroxylation is 1. The molecule has 0 amide bonds. The van der Waals surface area contributed by atoms with Gasteiger partial charge in [0.2, 0.25) is 0 Å². The number of nitrogens with zero attached hydrogens (tertiary/aromatic N) is 1. The third kappa shape index (κ3) is 0.774. The minimum absolute atomic E-state index is 0.0251. The lowest BCUT2D eigenvalue weighted by Gasteiger charge is -1.96. The summed E-state index contributed by atoms with van der Waals surface area (Å²) in [6.45, 7) is 0. The molecule has 1 N–H and O–H groups in total. The predicted octanol–water partition coefficient (Wildman–Crippen LogP) is 0.867. The van der Waals surface area contributed by atoms with Gasteiger partial charge in [-0.25, -0.2) is 0 Å². The molecule has 0 aliphatic carbocycles. The summed E-state index contributed by atoms with van der Waals surface area (Å²) < 4.78 is 1.62. The van der Waals surface area contributed by atoms with Crippen molar-refractivity contribution in [2.45, 2.75) is 0 Å². The molecule has 0 fully saturated rings. The number of aromatic nitrogens is 2. The van der Waals surface area contributed by atoms with Crippen LogP contribution in [-0.2, 0) is 7.05 Å². The molecule has 2 aromatic heterocycles. The van der Waals surface area contributed by atoms with Crippen LogP contribution in [-0.4, -0.2) is 9.55 Å². The molecule has 0 spiro atoms. The molecule has 0 saturated heterocycles. The van der Waals surface area contributed by atoms with Crippen molar-refractivity contribution in [3.8, 4) is 0 Å². The van der Waals surface area contributed by atoms with Crippen LogP contribution in [0, 0.1) is 0 Å². The van der Waals surface area contributed by atoms with E-state index >= 15 is 0 Å². The zero-order valence-corrected chi connectivity index (χ0v) is 6.16. The number of aromatic amines is 1. The molecule has 0 aromatic carbocycles. The van der Waals surface area contributed by atoms with Crippen LogP contribution < -0.4 is 5.56 Å². The van der Waals surface area contributed by atoms with E-state index in [9.17, 15) is 4.79 Å². The number of hydrogen-bond acceptors (Lipinski definition) is 1. The Morgan fingerprint density at radius 2 is 2.18 bits per heavy atom. The highest BCUT2D eigenvalue weighted by molar-refractivity contribution is 5.74. The molecule has 2 rings (SSSR count). The number of rotatable bonds is 0. The van der Waals surface area contributed by atoms with Gasteiger partial charge >= 0.3 is 0 Å². The Bertz CT molecular complexity index is 439. The Labute approximate surface area is 63.3 Å². The van der Waals surface area contributed by atoms with Crippen LogP contribution in [0.2, 0.25) is 0 Å². The van der Waals surface area contributed by atoms with Gasteiger partial charge in [-0.05, 0) is 12.1 Å². The average molecular weight is 148 g/mol. The largest absolute Gasteiger partial charge is 0.360 e. The summed E-state index contributed by atoms with van der Waals surface area (Å²) in [5.74, 6) is 0. The van der Waals surface area contributed by atoms with Gasteiger partial charge in [-0.15, -0.1) is 0 Å². The number of fused-ring (bicyclic) bond motifs is 1. The molecule has 0 aliphatic heterocycles. The van der Waals surface area contributed by atoms with Crippen molar-refractivity contribution in [2.75, 3.05) is 0 Å². The monoisotopic (exact) mass is 148 g/mol. The van der Waals surface area contributed by atoms with Gasteiger partial charge in [0.15, 0.2) is 0 Å². The SMILES string of the molecule is Cn1c(=O)ccc2[nH]ccc21. The first-order valence-electron chi connectivity index (χ1n) is 3.42. The molecule has 0 saturated carbocycles. The van der Waals surface area contributed by atoms with E-state index < -0.39 is 0 Å². The summed E-state index contributed by atoms with van der Waals surface area (Å²) in [6.07, 6.45) is 1.82. The van der Waals surface area contributed by atoms with Crippen LogP contribution in [0.1, 0.15) is 0 Å². The fraction of sp³-hybridized carbons (Fsp3) is 0.125. The van der Waals surface area contributed by atoms with E-state index in [1.54, 1.807) is 23.7 Å². The third-order valence-electron chi connectivity index (χ3n) is 1.84. The van der Waals surface area contributed by atoms with Crippen LogP contribution in [0.3, 0.4) is 0 Å². The van der Waals surface area contributed by atoms with Crippen LogP contribution in [0.25, 0.3) is 11.0 Å². The molecule has 0 radical (unpaired) electrons. The fourth-order valence-electron chi connectivity index (χ4n) is 1.19. The van der Waals surface area contributed by atoms with Crippen molar-refractivity contribution in [1.82, 2.24) is 9.55 Å². The van der Waals surface area contributed by atoms with Gasteiger partial charge in [0, 0.05) is 19.3 Å². The third-order valence-corrected chi connectivity index (χ3v) is 1.84. The maximum absolute atomic E-state index is 11.1. The summed E-state index contributed by atoms with van der Waals surface area (Å²) in [5.41, 5.74) is 1.96. The van der Waals surface area contributed by atoms with Crippen molar-refractivity contribution in [1.29, 1.82) is 0 Å². The Hall–Kier alpha value is -1.51. The summed E-state index contributed by atoms with van der Waals surface area (Å²) in [7, 11) is 1.76. The van der Waals surface area contributed by atoms with Gasteiger partial charge < -0.3 is 9.55 Å². The van der Waals surface area contributed by atoms with Crippen molar-refractivity contribution in [3.63, 3.8) is 0 Å². The Kier molecular flexibility index (Phi) is 1.12. The first-order valence-corrected chi connectivity index (χ1v) is 3.42. The van der Waals surface area contributed by atoms with Gasteiger partial charge in [-0.3, -0.25) is 4.79 Å². The standard InChI is InChI=1S/C8H8N2O/c1-10-7-4-5-9-6(7)2-3-8(10)11/h2-5,9H,1H3. The van der Waals surface area contributed by atoms with E-state index in [2.05, 4.69) is 4.98 Å². The summed E-state index contributed by atoms with van der Waals surface area (Å²) in [5, 5.41) is 0. The number of hydrogen-bond donors (Lipinski definition) is 1. The summed E-state index contributed by atoms with van der Waals surface area (Å²) in [6, 6.07) is 5.23. The fourth-order valence-corrected chi connectivity index (χ4v) is 1.19. The Balaban J connectivity index is 3.04. The lowest BCUT2D eigenvalue weighted by Crippen LogP contribution is -2.14. The Morgan fingerprint density at radius 1 is 1.36 bits per heavy atom. The molecule has 3 nitrogen and oxygen atoms in total. The first-order chi connectivity index (χ1) is 5.29. The van der Waals surface area contributed by atoms with Crippen molar-refractivity contribution in [3.05, 3.63) is 34.7 Å². The zero-order chi connectivity index (χ0) is 7.84. The van der Waals surface area contributed by atoms with Crippen LogP contribution in [0.4, 0.5) is 0 Å². The van der Waals surface area contributed by atoms with E-state index in [0.717, 1.165) is 11.0 Å². The maximum Gasteiger partial charge on any atom is 0.250 e. The molecule has 2 aromatic rings. The quantitative estimate of drug-likeness (QED) is 0.591. The van der Waals surface area contributed by atoms with Gasteiger partial charge in [0.05, 0.1) is 11.0 Å².